The smallest absolute Gasteiger partial charge is 0.329 e. The Morgan fingerprint density at radius 2 is 1.33 bits per heavy atom. The van der Waals surface area contributed by atoms with E-state index in [1.165, 1.54) is 0 Å². The molecule has 0 aromatic rings. The lowest BCUT2D eigenvalue weighted by Crippen LogP contribution is -2.45. The summed E-state index contributed by atoms with van der Waals surface area (Å²) in [5.41, 5.74) is -2.78. The van der Waals surface area contributed by atoms with Crippen molar-refractivity contribution in [3.05, 3.63) is 0 Å². The Morgan fingerprint density at radius 1 is 1.00 bits per heavy atom. The summed E-state index contributed by atoms with van der Waals surface area (Å²) >= 11 is 0. The first-order chi connectivity index (χ1) is 9.57. The monoisotopic (exact) mass is 313 g/mol. The molecule has 1 rings (SSSR count). The first kappa shape index (κ1) is 21.7. The van der Waals surface area contributed by atoms with E-state index in [2.05, 4.69) is 4.84 Å². The zero-order chi connectivity index (χ0) is 17.4. The maximum Gasteiger partial charge on any atom is 0.404 e. The molecule has 0 radical (unpaired) electrons. The molecule has 124 valence electrons. The van der Waals surface area contributed by atoms with Crippen LogP contribution in [0.25, 0.3) is 0 Å². The van der Waals surface area contributed by atoms with Crippen LogP contribution in [0, 0.1) is 5.41 Å². The van der Waals surface area contributed by atoms with Crippen molar-refractivity contribution in [1.29, 1.82) is 0 Å². The Balaban J connectivity index is 0. The molecule has 2 amide bonds. The van der Waals surface area contributed by atoms with Crippen molar-refractivity contribution in [3.8, 4) is 0 Å². The summed E-state index contributed by atoms with van der Waals surface area (Å²) in [4.78, 5) is 37.6. The fourth-order valence-electron chi connectivity index (χ4n) is 0.971. The first-order valence-corrected chi connectivity index (χ1v) is 6.72. The number of hydroxylamine groups is 2. The van der Waals surface area contributed by atoms with E-state index in [-0.39, 0.29) is 17.9 Å². The first-order valence-electron chi connectivity index (χ1n) is 6.72. The normalized spacial score (nSPS) is 14.8. The van der Waals surface area contributed by atoms with Crippen molar-refractivity contribution in [2.24, 2.45) is 5.41 Å². The Kier molecular flexibility index (Phi) is 8.92. The van der Waals surface area contributed by atoms with Crippen LogP contribution in [-0.2, 0) is 19.2 Å². The Hall–Kier alpha value is -1.60. The highest BCUT2D eigenvalue weighted by Gasteiger charge is 2.55. The summed E-state index contributed by atoms with van der Waals surface area (Å²) in [6, 6.07) is 0. The molecule has 0 bridgehead atoms. The molecule has 0 spiro atoms. The molecule has 1 aliphatic rings. The summed E-state index contributed by atoms with van der Waals surface area (Å²) in [7, 11) is 0. The third-order valence-corrected chi connectivity index (χ3v) is 2.40. The van der Waals surface area contributed by atoms with Gasteiger partial charge in [0.1, 0.15) is 0 Å². The van der Waals surface area contributed by atoms with Gasteiger partial charge >= 0.3 is 12.1 Å². The van der Waals surface area contributed by atoms with E-state index in [1.807, 2.05) is 27.7 Å². The van der Waals surface area contributed by atoms with E-state index in [0.29, 0.717) is 13.8 Å². The zero-order valence-electron chi connectivity index (χ0n) is 13.1. The number of halogens is 3. The number of amides is 2. The third-order valence-electron chi connectivity index (χ3n) is 2.40. The number of hydrogen-bond donors (Lipinski definition) is 0. The molecule has 1 aliphatic heterocycles. The van der Waals surface area contributed by atoms with Crippen molar-refractivity contribution in [2.75, 3.05) is 0 Å². The molecular weight excluding hydrogens is 291 g/mol. The predicted octanol–water partition coefficient (Wildman–Crippen LogP) is 3.23. The third kappa shape index (κ3) is 5.35. The second-order valence-electron chi connectivity index (χ2n) is 4.08. The molecule has 5 nitrogen and oxygen atoms in total. The highest BCUT2D eigenvalue weighted by atomic mass is 19.4. The van der Waals surface area contributed by atoms with Crippen LogP contribution in [0.2, 0.25) is 0 Å². The lowest BCUT2D eigenvalue weighted by Gasteiger charge is -2.26. The number of imide groups is 1. The number of nitrogens with zero attached hydrogens (tertiary/aromatic N) is 1. The van der Waals surface area contributed by atoms with Crippen LogP contribution in [0.4, 0.5) is 13.2 Å². The average Bonchev–Trinajstić information content (AvgIpc) is 2.73. The lowest BCUT2D eigenvalue weighted by molar-refractivity contribution is -0.244. The van der Waals surface area contributed by atoms with Gasteiger partial charge in [0.05, 0.1) is 0 Å². The minimum Gasteiger partial charge on any atom is -0.329 e. The van der Waals surface area contributed by atoms with Gasteiger partial charge in [-0.15, -0.1) is 5.06 Å². The quantitative estimate of drug-likeness (QED) is 0.734. The highest BCUT2D eigenvalue weighted by Crippen LogP contribution is 2.38. The Labute approximate surface area is 122 Å². The van der Waals surface area contributed by atoms with E-state index < -0.39 is 29.4 Å². The second-order valence-corrected chi connectivity index (χ2v) is 4.08. The molecule has 0 atom stereocenters. The van der Waals surface area contributed by atoms with E-state index in [4.69, 9.17) is 0 Å². The van der Waals surface area contributed by atoms with Crippen LogP contribution in [0.5, 0.6) is 0 Å². The van der Waals surface area contributed by atoms with Gasteiger partial charge in [-0.25, -0.2) is 4.79 Å². The van der Waals surface area contributed by atoms with Crippen molar-refractivity contribution in [3.63, 3.8) is 0 Å². The predicted molar refractivity (Wildman–Crippen MR) is 69.7 cm³/mol. The molecule has 0 aromatic carbocycles. The van der Waals surface area contributed by atoms with Gasteiger partial charge in [0.15, 0.2) is 5.41 Å². The van der Waals surface area contributed by atoms with Gasteiger partial charge < -0.3 is 4.84 Å². The largest absolute Gasteiger partial charge is 0.404 e. The molecule has 0 saturated carbocycles. The van der Waals surface area contributed by atoms with Crippen molar-refractivity contribution in [2.45, 2.75) is 60.6 Å². The maximum atomic E-state index is 12.5. The van der Waals surface area contributed by atoms with E-state index >= 15 is 0 Å². The van der Waals surface area contributed by atoms with Gasteiger partial charge in [-0.2, -0.15) is 13.2 Å². The number of alkyl halides is 3. The summed E-state index contributed by atoms with van der Waals surface area (Å²) in [6.07, 6.45) is -5.16. The fourth-order valence-corrected chi connectivity index (χ4v) is 0.971. The maximum absolute atomic E-state index is 12.5. The van der Waals surface area contributed by atoms with Crippen LogP contribution < -0.4 is 0 Å². The van der Waals surface area contributed by atoms with E-state index in [9.17, 15) is 27.6 Å². The van der Waals surface area contributed by atoms with Crippen molar-refractivity contribution >= 4 is 17.8 Å². The number of carbonyl (C=O) groups is 3. The molecular formula is C13H22F3NO4. The molecule has 0 aliphatic carbocycles. The Morgan fingerprint density at radius 3 is 1.62 bits per heavy atom. The van der Waals surface area contributed by atoms with Gasteiger partial charge in [0.25, 0.3) is 11.8 Å². The van der Waals surface area contributed by atoms with Gasteiger partial charge in [0.2, 0.25) is 0 Å². The molecule has 1 fully saturated rings. The van der Waals surface area contributed by atoms with Crippen LogP contribution in [-0.4, -0.2) is 29.0 Å². The number of rotatable bonds is 2. The average molecular weight is 313 g/mol. The summed E-state index contributed by atoms with van der Waals surface area (Å²) in [5.74, 6) is -3.32. The van der Waals surface area contributed by atoms with Crippen LogP contribution in [0.3, 0.4) is 0 Å². The fraction of sp³-hybridized carbons (Fsp3) is 0.769. The van der Waals surface area contributed by atoms with Gasteiger partial charge in [-0.05, 0) is 13.8 Å². The van der Waals surface area contributed by atoms with E-state index in [0.717, 1.165) is 0 Å². The summed E-state index contributed by atoms with van der Waals surface area (Å²) in [6.45, 7) is 9.22. The topological polar surface area (TPSA) is 63.7 Å². The standard InChI is InChI=1S/C9H10F3NO4.2C2H6/c1-8(2,9(10,11)12)7(16)17-13-5(14)3-4-6(13)15;2*1-2/h3-4H2,1-2H3;2*1-2H3. The molecule has 1 heterocycles. The minimum atomic E-state index is -4.82. The summed E-state index contributed by atoms with van der Waals surface area (Å²) in [5, 5.41) is 0.0931. The molecule has 8 heteroatoms. The minimum absolute atomic E-state index is 0.0931. The summed E-state index contributed by atoms with van der Waals surface area (Å²) < 4.78 is 37.4. The SMILES string of the molecule is CC.CC.CC(C)(C(=O)ON1C(=O)CCC1=O)C(F)(F)F. The molecule has 0 aromatic heterocycles. The van der Waals surface area contributed by atoms with Gasteiger partial charge in [-0.1, -0.05) is 27.7 Å². The number of carbonyl (C=O) groups excluding carboxylic acids is 3. The molecule has 1 saturated heterocycles. The molecule has 0 N–H and O–H groups in total. The molecule has 21 heavy (non-hydrogen) atoms. The highest BCUT2D eigenvalue weighted by molar-refractivity contribution is 6.01. The second kappa shape index (κ2) is 8.63. The lowest BCUT2D eigenvalue weighted by atomic mass is 9.93. The van der Waals surface area contributed by atoms with Gasteiger partial charge in [-0.3, -0.25) is 9.59 Å². The molecule has 0 unspecified atom stereocenters. The van der Waals surface area contributed by atoms with Crippen molar-refractivity contribution < 1.29 is 32.4 Å². The van der Waals surface area contributed by atoms with Crippen LogP contribution in [0.1, 0.15) is 54.4 Å². The van der Waals surface area contributed by atoms with Crippen LogP contribution >= 0.6 is 0 Å². The number of hydrogen-bond acceptors (Lipinski definition) is 4. The zero-order valence-corrected chi connectivity index (χ0v) is 13.1. The van der Waals surface area contributed by atoms with Crippen molar-refractivity contribution in [1.82, 2.24) is 5.06 Å². The van der Waals surface area contributed by atoms with E-state index in [1.54, 1.807) is 0 Å². The van der Waals surface area contributed by atoms with Crippen LogP contribution in [0.15, 0.2) is 0 Å². The Bertz CT molecular complexity index is 362. The van der Waals surface area contributed by atoms with Gasteiger partial charge in [0, 0.05) is 12.8 Å².